The van der Waals surface area contributed by atoms with E-state index in [-0.39, 0.29) is 0 Å². The zero-order valence-electron chi connectivity index (χ0n) is 8.85. The van der Waals surface area contributed by atoms with Gasteiger partial charge in [0.25, 0.3) is 0 Å². The van der Waals surface area contributed by atoms with Crippen molar-refractivity contribution >= 4 is 11.5 Å². The maximum Gasteiger partial charge on any atom is 0.205 e. The highest BCUT2D eigenvalue weighted by atomic mass is 15.3. The maximum absolute atomic E-state index is 6.85. The summed E-state index contributed by atoms with van der Waals surface area (Å²) in [7, 11) is 2.13. The van der Waals surface area contributed by atoms with Crippen molar-refractivity contribution in [2.24, 2.45) is 0 Å². The standard InChI is InChI=1S/C11H14N4/c1-12-10-3-4-11(13-9-10)15-7-5-14(2)6-8-15/h3-4,9H,5-8H2,2H3. The second-order valence-electron chi connectivity index (χ2n) is 3.78. The molecular weight excluding hydrogens is 188 g/mol. The van der Waals surface area contributed by atoms with Gasteiger partial charge in [-0.3, -0.25) is 4.98 Å². The molecule has 4 heteroatoms. The molecule has 1 saturated heterocycles. The van der Waals surface area contributed by atoms with Gasteiger partial charge in [0.05, 0.1) is 6.57 Å². The average Bonchev–Trinajstić information content (AvgIpc) is 2.30. The second-order valence-corrected chi connectivity index (χ2v) is 3.78. The van der Waals surface area contributed by atoms with E-state index < -0.39 is 0 Å². The molecule has 0 amide bonds. The Bertz CT molecular complexity index is 357. The molecule has 0 aliphatic carbocycles. The molecule has 1 aromatic heterocycles. The topological polar surface area (TPSA) is 23.7 Å². The van der Waals surface area contributed by atoms with Crippen LogP contribution >= 0.6 is 0 Å². The summed E-state index contributed by atoms with van der Waals surface area (Å²) in [6, 6.07) is 3.76. The Morgan fingerprint density at radius 2 is 2.00 bits per heavy atom. The lowest BCUT2D eigenvalue weighted by Crippen LogP contribution is -2.44. The third-order valence-electron chi connectivity index (χ3n) is 2.69. The summed E-state index contributed by atoms with van der Waals surface area (Å²) in [5.74, 6) is 0.982. The maximum atomic E-state index is 6.85. The summed E-state index contributed by atoms with van der Waals surface area (Å²) >= 11 is 0. The van der Waals surface area contributed by atoms with E-state index in [1.165, 1.54) is 0 Å². The van der Waals surface area contributed by atoms with Crippen LogP contribution in [0.5, 0.6) is 0 Å². The lowest BCUT2D eigenvalue weighted by atomic mass is 10.3. The molecule has 4 nitrogen and oxygen atoms in total. The fourth-order valence-corrected chi connectivity index (χ4v) is 1.67. The minimum Gasteiger partial charge on any atom is -0.354 e. The molecule has 0 spiro atoms. The highest BCUT2D eigenvalue weighted by molar-refractivity contribution is 5.49. The smallest absolute Gasteiger partial charge is 0.205 e. The predicted octanol–water partition coefficient (Wildman–Crippen LogP) is 1.38. The van der Waals surface area contributed by atoms with Gasteiger partial charge in [0, 0.05) is 32.4 Å². The molecule has 2 rings (SSSR count). The number of hydrogen-bond acceptors (Lipinski definition) is 3. The number of rotatable bonds is 1. The number of piperazine rings is 1. The van der Waals surface area contributed by atoms with E-state index in [1.54, 1.807) is 6.20 Å². The highest BCUT2D eigenvalue weighted by Crippen LogP contribution is 2.17. The first kappa shape index (κ1) is 9.94. The molecule has 15 heavy (non-hydrogen) atoms. The van der Waals surface area contributed by atoms with Gasteiger partial charge >= 0.3 is 0 Å². The van der Waals surface area contributed by atoms with E-state index in [1.807, 2.05) is 12.1 Å². The van der Waals surface area contributed by atoms with Crippen LogP contribution in [0.4, 0.5) is 11.5 Å². The van der Waals surface area contributed by atoms with Crippen LogP contribution in [0.2, 0.25) is 0 Å². The molecule has 0 unspecified atom stereocenters. The molecular formula is C11H14N4. The molecule has 0 N–H and O–H groups in total. The fourth-order valence-electron chi connectivity index (χ4n) is 1.67. The second kappa shape index (κ2) is 4.28. The molecule has 0 aromatic carbocycles. The van der Waals surface area contributed by atoms with Gasteiger partial charge in [-0.2, -0.15) is 0 Å². The highest BCUT2D eigenvalue weighted by Gasteiger charge is 2.14. The van der Waals surface area contributed by atoms with Crippen LogP contribution in [0, 0.1) is 6.57 Å². The molecule has 0 radical (unpaired) electrons. The third kappa shape index (κ3) is 2.25. The molecule has 1 aliphatic heterocycles. The summed E-state index contributed by atoms with van der Waals surface area (Å²) in [5, 5.41) is 0. The van der Waals surface area contributed by atoms with Gasteiger partial charge in [0.2, 0.25) is 5.69 Å². The van der Waals surface area contributed by atoms with Crippen LogP contribution in [0.25, 0.3) is 4.85 Å². The lowest BCUT2D eigenvalue weighted by Gasteiger charge is -2.33. The number of likely N-dealkylation sites (N-methyl/N-ethyl adjacent to an activating group) is 1. The van der Waals surface area contributed by atoms with Gasteiger partial charge in [-0.15, -0.1) is 0 Å². The summed E-state index contributed by atoms with van der Waals surface area (Å²) in [6.07, 6.45) is 1.64. The van der Waals surface area contributed by atoms with Gasteiger partial charge in [0.15, 0.2) is 0 Å². The Hall–Kier alpha value is -1.60. The van der Waals surface area contributed by atoms with Crippen LogP contribution < -0.4 is 4.90 Å². The van der Waals surface area contributed by atoms with E-state index in [2.05, 4.69) is 26.7 Å². The van der Waals surface area contributed by atoms with Crippen molar-refractivity contribution in [2.75, 3.05) is 38.1 Å². The van der Waals surface area contributed by atoms with Crippen LogP contribution in [0.15, 0.2) is 18.3 Å². The van der Waals surface area contributed by atoms with E-state index >= 15 is 0 Å². The Morgan fingerprint density at radius 3 is 2.53 bits per heavy atom. The summed E-state index contributed by atoms with van der Waals surface area (Å²) in [6.45, 7) is 11.0. The molecule has 0 atom stereocenters. The quantitative estimate of drug-likeness (QED) is 0.643. The fraction of sp³-hybridized carbons (Fsp3) is 0.455. The Balaban J connectivity index is 2.07. The molecule has 1 aromatic rings. The van der Waals surface area contributed by atoms with Gasteiger partial charge in [-0.25, -0.2) is 4.85 Å². The van der Waals surface area contributed by atoms with Gasteiger partial charge < -0.3 is 9.80 Å². The number of nitrogens with zero attached hydrogens (tertiary/aromatic N) is 4. The lowest BCUT2D eigenvalue weighted by molar-refractivity contribution is 0.312. The summed E-state index contributed by atoms with van der Waals surface area (Å²) in [4.78, 5) is 12.2. The van der Waals surface area contributed by atoms with Crippen molar-refractivity contribution in [1.29, 1.82) is 0 Å². The zero-order chi connectivity index (χ0) is 10.7. The minimum atomic E-state index is 0.605. The van der Waals surface area contributed by atoms with E-state index in [9.17, 15) is 0 Å². The monoisotopic (exact) mass is 202 g/mol. The minimum absolute atomic E-state index is 0.605. The Kier molecular flexibility index (Phi) is 2.84. The largest absolute Gasteiger partial charge is 0.354 e. The van der Waals surface area contributed by atoms with Crippen molar-refractivity contribution in [3.63, 3.8) is 0 Å². The average molecular weight is 202 g/mol. The first-order chi connectivity index (χ1) is 7.29. The predicted molar refractivity (Wildman–Crippen MR) is 60.2 cm³/mol. The molecule has 78 valence electrons. The number of aromatic nitrogens is 1. The van der Waals surface area contributed by atoms with E-state index in [0.29, 0.717) is 5.69 Å². The summed E-state index contributed by atoms with van der Waals surface area (Å²) < 4.78 is 0. The molecule has 0 saturated carbocycles. The molecule has 1 fully saturated rings. The van der Waals surface area contributed by atoms with E-state index in [0.717, 1.165) is 32.0 Å². The van der Waals surface area contributed by atoms with Crippen LogP contribution in [0.1, 0.15) is 0 Å². The normalized spacial score (nSPS) is 17.5. The first-order valence-corrected chi connectivity index (χ1v) is 5.06. The van der Waals surface area contributed by atoms with E-state index in [4.69, 9.17) is 6.57 Å². The Morgan fingerprint density at radius 1 is 1.27 bits per heavy atom. The van der Waals surface area contributed by atoms with Crippen molar-refractivity contribution in [3.05, 3.63) is 29.7 Å². The SMILES string of the molecule is [C-]#[N+]c1ccc(N2CCN(C)CC2)nc1. The van der Waals surface area contributed by atoms with Crippen molar-refractivity contribution in [3.8, 4) is 0 Å². The van der Waals surface area contributed by atoms with Gasteiger partial charge in [-0.1, -0.05) is 6.07 Å². The zero-order valence-corrected chi connectivity index (χ0v) is 8.85. The van der Waals surface area contributed by atoms with Gasteiger partial charge in [0.1, 0.15) is 5.82 Å². The molecule has 0 bridgehead atoms. The van der Waals surface area contributed by atoms with Crippen molar-refractivity contribution < 1.29 is 0 Å². The first-order valence-electron chi connectivity index (χ1n) is 5.06. The summed E-state index contributed by atoms with van der Waals surface area (Å²) in [5.41, 5.74) is 0.605. The van der Waals surface area contributed by atoms with Crippen molar-refractivity contribution in [1.82, 2.24) is 9.88 Å². The number of pyridine rings is 1. The Labute approximate surface area is 90.0 Å². The van der Waals surface area contributed by atoms with Crippen LogP contribution in [0.3, 0.4) is 0 Å². The molecule has 1 aliphatic rings. The molecule has 2 heterocycles. The number of hydrogen-bond donors (Lipinski definition) is 0. The third-order valence-corrected chi connectivity index (χ3v) is 2.69. The van der Waals surface area contributed by atoms with Crippen LogP contribution in [-0.2, 0) is 0 Å². The van der Waals surface area contributed by atoms with Gasteiger partial charge in [-0.05, 0) is 13.1 Å². The number of anilines is 1. The van der Waals surface area contributed by atoms with Crippen LogP contribution in [-0.4, -0.2) is 43.1 Å². The van der Waals surface area contributed by atoms with Crippen molar-refractivity contribution in [2.45, 2.75) is 0 Å².